The lowest BCUT2D eigenvalue weighted by Gasteiger charge is -2.42. The van der Waals surface area contributed by atoms with E-state index in [1.807, 2.05) is 30.5 Å². The van der Waals surface area contributed by atoms with Crippen LogP contribution >= 0.6 is 24.2 Å². The van der Waals surface area contributed by atoms with Crippen LogP contribution in [0.25, 0.3) is 0 Å². The fourth-order valence-electron chi connectivity index (χ4n) is 2.70. The molecule has 3 N–H and O–H groups in total. The molecule has 1 aromatic carbocycles. The Bertz CT molecular complexity index is 493. The second-order valence-electron chi connectivity index (χ2n) is 6.37. The molecule has 0 bridgehead atoms. The summed E-state index contributed by atoms with van der Waals surface area (Å²) in [5.41, 5.74) is 7.05. The third-order valence-corrected chi connectivity index (χ3v) is 4.88. The maximum absolute atomic E-state index is 12.1. The van der Waals surface area contributed by atoms with Crippen molar-refractivity contribution in [1.82, 2.24) is 4.90 Å². The molecule has 1 heterocycles. The van der Waals surface area contributed by atoms with E-state index in [2.05, 4.69) is 24.1 Å². The number of nitrogens with two attached hydrogens (primary N) is 1. The molecule has 1 aromatic rings. The van der Waals surface area contributed by atoms with Crippen LogP contribution < -0.4 is 11.1 Å². The van der Waals surface area contributed by atoms with Gasteiger partial charge in [0.2, 0.25) is 5.91 Å². The van der Waals surface area contributed by atoms with Crippen LogP contribution in [0.5, 0.6) is 0 Å². The Hall–Kier alpha value is -0.750. The number of piperidine rings is 1. The van der Waals surface area contributed by atoms with E-state index in [0.29, 0.717) is 6.54 Å². The Balaban J connectivity index is 0.00000242. The number of hydrogen-bond donors (Lipinski definition) is 2. The highest BCUT2D eigenvalue weighted by Gasteiger charge is 2.33. The van der Waals surface area contributed by atoms with Gasteiger partial charge in [-0.1, -0.05) is 13.8 Å². The van der Waals surface area contributed by atoms with Gasteiger partial charge in [0, 0.05) is 29.7 Å². The molecule has 0 radical (unpaired) electrons. The monoisotopic (exact) mass is 343 g/mol. The van der Waals surface area contributed by atoms with Gasteiger partial charge >= 0.3 is 0 Å². The number of amides is 1. The first-order valence-corrected chi connectivity index (χ1v) is 8.55. The molecule has 0 aliphatic carbocycles. The average Bonchev–Trinajstić information content (AvgIpc) is 2.43. The highest BCUT2D eigenvalue weighted by Crippen LogP contribution is 2.27. The normalized spacial score (nSPS) is 21.0. The molecule has 1 aliphatic heterocycles. The number of carbonyl (C=O) groups is 1. The number of likely N-dealkylation sites (tertiary alicyclic amines) is 1. The lowest BCUT2D eigenvalue weighted by Crippen LogP contribution is -2.53. The number of halogens is 1. The van der Waals surface area contributed by atoms with Gasteiger partial charge < -0.3 is 11.1 Å². The number of nitrogens with zero attached hydrogens (tertiary/aromatic N) is 1. The van der Waals surface area contributed by atoms with Crippen LogP contribution in [0, 0.1) is 5.41 Å². The lowest BCUT2D eigenvalue weighted by molar-refractivity contribution is -0.118. The van der Waals surface area contributed by atoms with Crippen molar-refractivity contribution in [3.05, 3.63) is 24.3 Å². The van der Waals surface area contributed by atoms with Gasteiger partial charge in [0.15, 0.2) is 0 Å². The predicted octanol–water partition coefficient (Wildman–Crippen LogP) is 2.83. The molecule has 1 fully saturated rings. The molecule has 2 rings (SSSR count). The standard InChI is InChI=1S/C16H25N3OS.ClH/c1-16(2)11-19(9-8-14(16)17)10-15(20)18-12-4-6-13(21-3)7-5-12;/h4-7,14H,8-11,17H2,1-3H3,(H,18,20);1H. The third-order valence-electron chi connectivity index (χ3n) is 4.13. The summed E-state index contributed by atoms with van der Waals surface area (Å²) in [6.07, 6.45) is 2.99. The van der Waals surface area contributed by atoms with Crippen LogP contribution in [0.4, 0.5) is 5.69 Å². The van der Waals surface area contributed by atoms with Crippen LogP contribution in [-0.2, 0) is 4.79 Å². The van der Waals surface area contributed by atoms with Gasteiger partial charge in [-0.2, -0.15) is 0 Å². The molecular weight excluding hydrogens is 318 g/mol. The van der Waals surface area contributed by atoms with Crippen molar-refractivity contribution in [2.75, 3.05) is 31.2 Å². The van der Waals surface area contributed by atoms with Gasteiger partial charge in [-0.3, -0.25) is 9.69 Å². The van der Waals surface area contributed by atoms with Crippen LogP contribution in [0.15, 0.2) is 29.2 Å². The molecule has 124 valence electrons. The van der Waals surface area contributed by atoms with Gasteiger partial charge in [0.1, 0.15) is 0 Å². The van der Waals surface area contributed by atoms with Gasteiger partial charge in [0.25, 0.3) is 0 Å². The topological polar surface area (TPSA) is 58.4 Å². The summed E-state index contributed by atoms with van der Waals surface area (Å²) in [7, 11) is 0. The summed E-state index contributed by atoms with van der Waals surface area (Å²) in [6.45, 7) is 6.53. The van der Waals surface area contributed by atoms with Crippen LogP contribution in [-0.4, -0.2) is 42.7 Å². The zero-order valence-electron chi connectivity index (χ0n) is 13.5. The number of hydrogen-bond acceptors (Lipinski definition) is 4. The van der Waals surface area contributed by atoms with E-state index >= 15 is 0 Å². The number of rotatable bonds is 4. The molecule has 1 aliphatic rings. The largest absolute Gasteiger partial charge is 0.327 e. The molecular formula is C16H26ClN3OS. The zero-order valence-corrected chi connectivity index (χ0v) is 15.1. The van der Waals surface area contributed by atoms with E-state index < -0.39 is 0 Å². The van der Waals surface area contributed by atoms with Crippen molar-refractivity contribution in [2.45, 2.75) is 31.2 Å². The minimum atomic E-state index is 0. The third kappa shape index (κ3) is 5.16. The van der Waals surface area contributed by atoms with Gasteiger partial charge in [-0.15, -0.1) is 24.2 Å². The van der Waals surface area contributed by atoms with E-state index in [1.165, 1.54) is 4.90 Å². The Kier molecular flexibility index (Phi) is 7.19. The molecule has 1 saturated heterocycles. The fourth-order valence-corrected chi connectivity index (χ4v) is 3.11. The van der Waals surface area contributed by atoms with Crippen molar-refractivity contribution < 1.29 is 4.79 Å². The molecule has 1 amide bonds. The van der Waals surface area contributed by atoms with E-state index in [1.54, 1.807) is 11.8 Å². The second-order valence-corrected chi connectivity index (χ2v) is 7.25. The first kappa shape index (κ1) is 19.3. The summed E-state index contributed by atoms with van der Waals surface area (Å²) < 4.78 is 0. The molecule has 0 saturated carbocycles. The van der Waals surface area contributed by atoms with Crippen molar-refractivity contribution in [1.29, 1.82) is 0 Å². The highest BCUT2D eigenvalue weighted by atomic mass is 35.5. The van der Waals surface area contributed by atoms with Crippen molar-refractivity contribution in [2.24, 2.45) is 11.1 Å². The van der Waals surface area contributed by atoms with E-state index in [9.17, 15) is 4.79 Å². The van der Waals surface area contributed by atoms with Gasteiger partial charge in [0.05, 0.1) is 6.54 Å². The molecule has 0 aromatic heterocycles. The summed E-state index contributed by atoms with van der Waals surface area (Å²) >= 11 is 1.69. The lowest BCUT2D eigenvalue weighted by atomic mass is 9.80. The van der Waals surface area contributed by atoms with E-state index in [4.69, 9.17) is 5.73 Å². The number of thioether (sulfide) groups is 1. The number of anilines is 1. The second kappa shape index (κ2) is 8.20. The molecule has 0 spiro atoms. The number of benzene rings is 1. The Morgan fingerprint density at radius 1 is 1.41 bits per heavy atom. The SMILES string of the molecule is CSc1ccc(NC(=O)CN2CCC(N)C(C)(C)C2)cc1.Cl. The summed E-state index contributed by atoms with van der Waals surface area (Å²) in [4.78, 5) is 15.5. The summed E-state index contributed by atoms with van der Waals surface area (Å²) in [6, 6.07) is 8.14. The van der Waals surface area contributed by atoms with Crippen molar-refractivity contribution in [3.8, 4) is 0 Å². The van der Waals surface area contributed by atoms with Crippen molar-refractivity contribution in [3.63, 3.8) is 0 Å². The molecule has 1 unspecified atom stereocenters. The summed E-state index contributed by atoms with van der Waals surface area (Å²) in [5.74, 6) is 0.0400. The number of nitrogens with one attached hydrogen (secondary N) is 1. The molecule has 1 atom stereocenters. The Morgan fingerprint density at radius 2 is 2.05 bits per heavy atom. The first-order valence-electron chi connectivity index (χ1n) is 7.32. The van der Waals surface area contributed by atoms with Crippen LogP contribution in [0.2, 0.25) is 0 Å². The van der Waals surface area contributed by atoms with Crippen LogP contribution in [0.1, 0.15) is 20.3 Å². The molecule has 4 nitrogen and oxygen atoms in total. The number of carbonyl (C=O) groups excluding carboxylic acids is 1. The fraction of sp³-hybridized carbons (Fsp3) is 0.562. The highest BCUT2D eigenvalue weighted by molar-refractivity contribution is 7.98. The minimum absolute atomic E-state index is 0. The zero-order chi connectivity index (χ0) is 15.5. The van der Waals surface area contributed by atoms with Crippen molar-refractivity contribution >= 4 is 35.8 Å². The quantitative estimate of drug-likeness (QED) is 0.825. The Labute approximate surface area is 143 Å². The maximum atomic E-state index is 12.1. The molecule has 6 heteroatoms. The van der Waals surface area contributed by atoms with E-state index in [-0.39, 0.29) is 29.8 Å². The summed E-state index contributed by atoms with van der Waals surface area (Å²) in [5, 5.41) is 2.96. The van der Waals surface area contributed by atoms with Gasteiger partial charge in [-0.05, 0) is 42.4 Å². The Morgan fingerprint density at radius 3 is 2.59 bits per heavy atom. The maximum Gasteiger partial charge on any atom is 0.238 e. The van der Waals surface area contributed by atoms with Gasteiger partial charge in [-0.25, -0.2) is 0 Å². The molecule has 22 heavy (non-hydrogen) atoms. The van der Waals surface area contributed by atoms with Crippen LogP contribution in [0.3, 0.4) is 0 Å². The first-order chi connectivity index (χ1) is 9.90. The predicted molar refractivity (Wildman–Crippen MR) is 96.9 cm³/mol. The average molecular weight is 344 g/mol. The minimum Gasteiger partial charge on any atom is -0.327 e. The smallest absolute Gasteiger partial charge is 0.238 e. The van der Waals surface area contributed by atoms with E-state index in [0.717, 1.165) is 25.2 Å².